The van der Waals surface area contributed by atoms with Crippen LogP contribution in [0.1, 0.15) is 110 Å². The fourth-order valence-electron chi connectivity index (χ4n) is 3.85. The molecule has 0 radical (unpaired) electrons. The van der Waals surface area contributed by atoms with Crippen LogP contribution >= 0.6 is 0 Å². The summed E-state index contributed by atoms with van der Waals surface area (Å²) in [6.07, 6.45) is 14.8. The van der Waals surface area contributed by atoms with Crippen LogP contribution in [0.5, 0.6) is 0 Å². The van der Waals surface area contributed by atoms with E-state index < -0.39 is 12.1 Å². The van der Waals surface area contributed by atoms with E-state index in [1.165, 1.54) is 38.5 Å². The number of carboxylic acids is 1. The average molecular weight is 444 g/mol. The summed E-state index contributed by atoms with van der Waals surface area (Å²) >= 11 is 0. The predicted molar refractivity (Wildman–Crippen MR) is 123 cm³/mol. The van der Waals surface area contributed by atoms with Crippen LogP contribution < -0.4 is 5.11 Å². The molecule has 0 aromatic heterocycles. The maximum absolute atomic E-state index is 12.0. The van der Waals surface area contributed by atoms with Crippen molar-refractivity contribution in [3.8, 4) is 0 Å². The molecule has 0 aliphatic rings. The van der Waals surface area contributed by atoms with E-state index in [9.17, 15) is 19.8 Å². The summed E-state index contributed by atoms with van der Waals surface area (Å²) in [6.45, 7) is 2.68. The van der Waals surface area contributed by atoms with Gasteiger partial charge in [0, 0.05) is 18.8 Å². The van der Waals surface area contributed by atoms with Crippen molar-refractivity contribution in [3.63, 3.8) is 0 Å². The molecule has 0 bridgehead atoms. The van der Waals surface area contributed by atoms with Crippen molar-refractivity contribution < 1.29 is 29.0 Å². The fraction of sp³-hybridized carbons (Fsp3) is 0.920. The molecule has 0 spiro atoms. The largest absolute Gasteiger partial charge is 0.550 e. The predicted octanol–water partition coefficient (Wildman–Crippen LogP) is 3.98. The first-order chi connectivity index (χ1) is 14.6. The lowest BCUT2D eigenvalue weighted by molar-refractivity contribution is -0.873. The van der Waals surface area contributed by atoms with Crippen LogP contribution in [0.2, 0.25) is 0 Å². The minimum atomic E-state index is -1.19. The number of carbonyl (C=O) groups excluding carboxylic acids is 2. The van der Waals surface area contributed by atoms with Gasteiger partial charge in [0.1, 0.15) is 6.54 Å². The third-order valence-electron chi connectivity index (χ3n) is 5.50. The van der Waals surface area contributed by atoms with Gasteiger partial charge < -0.3 is 24.2 Å². The summed E-state index contributed by atoms with van der Waals surface area (Å²) < 4.78 is 5.89. The molecule has 184 valence electrons. The minimum Gasteiger partial charge on any atom is -0.550 e. The van der Waals surface area contributed by atoms with Crippen molar-refractivity contribution in [3.05, 3.63) is 0 Å². The van der Waals surface area contributed by atoms with Gasteiger partial charge in [0.15, 0.2) is 6.10 Å². The van der Waals surface area contributed by atoms with E-state index in [2.05, 4.69) is 6.92 Å². The molecule has 1 N–H and O–H groups in total. The van der Waals surface area contributed by atoms with Gasteiger partial charge in [-0.3, -0.25) is 4.79 Å². The molecule has 0 saturated heterocycles. The molecule has 0 aliphatic carbocycles. The van der Waals surface area contributed by atoms with Crippen molar-refractivity contribution in [2.45, 2.75) is 122 Å². The topological polar surface area (TPSA) is 86.7 Å². The van der Waals surface area contributed by atoms with Crippen LogP contribution in [0.3, 0.4) is 0 Å². The number of carbonyl (C=O) groups is 2. The molecule has 0 amide bonds. The Morgan fingerprint density at radius 1 is 0.839 bits per heavy atom. The number of carboxylic acid groups (broad SMARTS) is 1. The van der Waals surface area contributed by atoms with Crippen molar-refractivity contribution in [1.82, 2.24) is 0 Å². The van der Waals surface area contributed by atoms with E-state index >= 15 is 0 Å². The lowest BCUT2D eigenvalue weighted by Gasteiger charge is -2.29. The van der Waals surface area contributed by atoms with E-state index in [4.69, 9.17) is 4.74 Å². The maximum atomic E-state index is 12.0. The second-order valence-electron chi connectivity index (χ2n) is 10.0. The van der Waals surface area contributed by atoms with Crippen molar-refractivity contribution in [1.29, 1.82) is 0 Å². The minimum absolute atomic E-state index is 0.174. The summed E-state index contributed by atoms with van der Waals surface area (Å²) in [5.41, 5.74) is 0. The Balaban J connectivity index is 3.69. The molecule has 0 aromatic rings. The standard InChI is InChI=1S/C25H49NO5/c1-5-6-7-8-9-11-14-17-22(27)18-15-12-10-13-16-19-25(30)31-23(20-24(28)29)21-26(2,3)4/h22-23,27H,5-21H2,1-4H3. The molecular weight excluding hydrogens is 394 g/mol. The number of esters is 1. The number of likely N-dealkylation sites (N-methyl/N-ethyl adjacent to an activating group) is 1. The Morgan fingerprint density at radius 3 is 1.81 bits per heavy atom. The van der Waals surface area contributed by atoms with Gasteiger partial charge in [-0.05, 0) is 19.3 Å². The molecule has 0 fully saturated rings. The van der Waals surface area contributed by atoms with E-state index in [-0.39, 0.29) is 18.5 Å². The fourth-order valence-corrected chi connectivity index (χ4v) is 3.85. The highest BCUT2D eigenvalue weighted by molar-refractivity contribution is 5.70. The van der Waals surface area contributed by atoms with Gasteiger partial charge in [0.05, 0.1) is 27.2 Å². The summed E-state index contributed by atoms with van der Waals surface area (Å²) in [7, 11) is 5.80. The number of rotatable bonds is 21. The summed E-state index contributed by atoms with van der Waals surface area (Å²) in [5.74, 6) is -1.52. The SMILES string of the molecule is CCCCCCCCCC(O)CCCCCCCC(=O)OC(CC(=O)[O-])C[N+](C)(C)C. The lowest BCUT2D eigenvalue weighted by atomic mass is 10.0. The first kappa shape index (κ1) is 29.9. The summed E-state index contributed by atoms with van der Waals surface area (Å²) in [5, 5.41) is 21.0. The van der Waals surface area contributed by atoms with Crippen molar-refractivity contribution in [2.24, 2.45) is 0 Å². The average Bonchev–Trinajstić information content (AvgIpc) is 2.64. The molecule has 0 rings (SSSR count). The van der Waals surface area contributed by atoms with Gasteiger partial charge in [-0.2, -0.15) is 0 Å². The summed E-state index contributed by atoms with van der Waals surface area (Å²) in [4.78, 5) is 22.9. The Morgan fingerprint density at radius 2 is 1.32 bits per heavy atom. The van der Waals surface area contributed by atoms with E-state index in [0.29, 0.717) is 17.4 Å². The second-order valence-corrected chi connectivity index (χ2v) is 10.0. The molecule has 0 aliphatic heterocycles. The molecular formula is C25H49NO5. The molecule has 0 saturated carbocycles. The molecule has 2 atom stereocenters. The number of aliphatic hydroxyl groups excluding tert-OH is 1. The van der Waals surface area contributed by atoms with Crippen LogP contribution in [0.25, 0.3) is 0 Å². The molecule has 0 heterocycles. The molecule has 6 heteroatoms. The Kier molecular flexibility index (Phi) is 17.8. The highest BCUT2D eigenvalue weighted by Crippen LogP contribution is 2.15. The van der Waals surface area contributed by atoms with Gasteiger partial charge in [0.25, 0.3) is 0 Å². The van der Waals surface area contributed by atoms with Crippen LogP contribution in [-0.2, 0) is 14.3 Å². The zero-order chi connectivity index (χ0) is 23.5. The second kappa shape index (κ2) is 18.4. The van der Waals surface area contributed by atoms with Crippen molar-refractivity contribution >= 4 is 11.9 Å². The molecule has 31 heavy (non-hydrogen) atoms. The molecule has 2 unspecified atom stereocenters. The zero-order valence-corrected chi connectivity index (χ0v) is 20.7. The first-order valence-corrected chi connectivity index (χ1v) is 12.5. The number of aliphatic hydroxyl groups is 1. The maximum Gasteiger partial charge on any atom is 0.306 e. The van der Waals surface area contributed by atoms with Gasteiger partial charge >= 0.3 is 5.97 Å². The number of hydrogen-bond donors (Lipinski definition) is 1. The Labute approximate surface area is 190 Å². The smallest absolute Gasteiger partial charge is 0.306 e. The van der Waals surface area contributed by atoms with Crippen LogP contribution in [0.4, 0.5) is 0 Å². The quantitative estimate of drug-likeness (QED) is 0.165. The zero-order valence-electron chi connectivity index (χ0n) is 20.7. The third-order valence-corrected chi connectivity index (χ3v) is 5.50. The summed E-state index contributed by atoms with van der Waals surface area (Å²) in [6, 6.07) is 0. The van der Waals surface area contributed by atoms with Gasteiger partial charge in [-0.15, -0.1) is 0 Å². The van der Waals surface area contributed by atoms with Gasteiger partial charge in [-0.25, -0.2) is 0 Å². The van der Waals surface area contributed by atoms with E-state index in [1.807, 2.05) is 21.1 Å². The first-order valence-electron chi connectivity index (χ1n) is 12.5. The Hall–Kier alpha value is -1.14. The number of nitrogens with zero attached hydrogens (tertiary/aromatic N) is 1. The number of hydrogen-bond acceptors (Lipinski definition) is 5. The number of quaternary nitrogens is 1. The normalized spacial score (nSPS) is 13.7. The lowest BCUT2D eigenvalue weighted by Crippen LogP contribution is -2.45. The Bertz CT molecular complexity index is 461. The molecule has 6 nitrogen and oxygen atoms in total. The highest BCUT2D eigenvalue weighted by atomic mass is 16.5. The van der Waals surface area contributed by atoms with Gasteiger partial charge in [0.2, 0.25) is 0 Å². The van der Waals surface area contributed by atoms with Crippen LogP contribution in [0, 0.1) is 0 Å². The highest BCUT2D eigenvalue weighted by Gasteiger charge is 2.22. The van der Waals surface area contributed by atoms with Gasteiger partial charge in [-0.1, -0.05) is 77.6 Å². The monoisotopic (exact) mass is 443 g/mol. The van der Waals surface area contributed by atoms with E-state index in [0.717, 1.165) is 51.4 Å². The number of aliphatic carboxylic acids is 1. The van der Waals surface area contributed by atoms with Crippen LogP contribution in [0.15, 0.2) is 0 Å². The van der Waals surface area contributed by atoms with E-state index in [1.54, 1.807) is 0 Å². The number of unbranched alkanes of at least 4 members (excludes halogenated alkanes) is 10. The third kappa shape index (κ3) is 21.9. The van der Waals surface area contributed by atoms with Crippen molar-refractivity contribution in [2.75, 3.05) is 27.7 Å². The van der Waals surface area contributed by atoms with Crippen LogP contribution in [-0.4, -0.2) is 61.4 Å². The molecule has 0 aromatic carbocycles. The number of ether oxygens (including phenoxy) is 1.